The maximum atomic E-state index is 12.7. The molecule has 0 atom stereocenters. The van der Waals surface area contributed by atoms with Crippen molar-refractivity contribution in [1.82, 2.24) is 15.3 Å². The number of hydrogen-bond donors (Lipinski definition) is 1. The zero-order valence-electron chi connectivity index (χ0n) is 15.9. The zero-order chi connectivity index (χ0) is 19.9. The fourth-order valence-corrected chi connectivity index (χ4v) is 3.12. The smallest absolute Gasteiger partial charge is 0.255 e. The number of fused-ring (bicyclic) bond motifs is 1. The van der Waals surface area contributed by atoms with Gasteiger partial charge in [0.1, 0.15) is 12.4 Å². The first kappa shape index (κ1) is 18.6. The third-order valence-electron chi connectivity index (χ3n) is 4.64. The number of nitrogens with one attached hydrogen (secondary N) is 1. The van der Waals surface area contributed by atoms with E-state index in [1.165, 1.54) is 0 Å². The van der Waals surface area contributed by atoms with Crippen molar-refractivity contribution in [2.75, 3.05) is 6.54 Å². The van der Waals surface area contributed by atoms with Crippen molar-refractivity contribution in [2.24, 2.45) is 0 Å². The molecule has 0 aliphatic heterocycles. The summed E-state index contributed by atoms with van der Waals surface area (Å²) in [6.07, 6.45) is 5.98. The predicted octanol–water partition coefficient (Wildman–Crippen LogP) is 4.18. The summed E-state index contributed by atoms with van der Waals surface area (Å²) in [7, 11) is 0. The summed E-state index contributed by atoms with van der Waals surface area (Å²) in [6, 6.07) is 21.2. The summed E-state index contributed by atoms with van der Waals surface area (Å²) in [5.41, 5.74) is 3.67. The molecule has 4 aromatic rings. The Morgan fingerprint density at radius 2 is 1.76 bits per heavy atom. The summed E-state index contributed by atoms with van der Waals surface area (Å²) >= 11 is 0. The van der Waals surface area contributed by atoms with Crippen molar-refractivity contribution < 1.29 is 9.53 Å². The second-order valence-electron chi connectivity index (χ2n) is 6.68. The van der Waals surface area contributed by atoms with Crippen LogP contribution in [0.15, 0.2) is 85.3 Å². The molecule has 2 heterocycles. The molecule has 0 saturated carbocycles. The number of hydrogen-bond acceptors (Lipinski definition) is 4. The molecule has 0 unspecified atom stereocenters. The van der Waals surface area contributed by atoms with Gasteiger partial charge in [-0.2, -0.15) is 0 Å². The van der Waals surface area contributed by atoms with Gasteiger partial charge < -0.3 is 10.1 Å². The number of amides is 1. The Labute approximate surface area is 169 Å². The van der Waals surface area contributed by atoms with Crippen LogP contribution in [0.3, 0.4) is 0 Å². The van der Waals surface area contributed by atoms with E-state index < -0.39 is 0 Å². The van der Waals surface area contributed by atoms with Crippen LogP contribution < -0.4 is 10.1 Å². The summed E-state index contributed by atoms with van der Waals surface area (Å²) in [4.78, 5) is 21.0. The first-order valence-corrected chi connectivity index (χ1v) is 9.52. The molecule has 2 aromatic heterocycles. The Hall–Kier alpha value is -3.73. The fraction of sp³-hybridized carbons (Fsp3) is 0.125. The minimum atomic E-state index is -0.141. The molecule has 0 bridgehead atoms. The van der Waals surface area contributed by atoms with Gasteiger partial charge in [0.05, 0.1) is 11.1 Å². The van der Waals surface area contributed by atoms with Crippen LogP contribution in [0.4, 0.5) is 0 Å². The summed E-state index contributed by atoms with van der Waals surface area (Å²) < 4.78 is 5.86. The van der Waals surface area contributed by atoms with Gasteiger partial charge in [-0.15, -0.1) is 0 Å². The highest BCUT2D eigenvalue weighted by atomic mass is 16.5. The number of rotatable bonds is 7. The lowest BCUT2D eigenvalue weighted by Gasteiger charge is -2.12. The molecule has 0 fully saturated rings. The van der Waals surface area contributed by atoms with Gasteiger partial charge in [0.25, 0.3) is 5.91 Å². The van der Waals surface area contributed by atoms with Crippen LogP contribution in [-0.4, -0.2) is 22.4 Å². The number of para-hydroxylation sites is 1. The maximum Gasteiger partial charge on any atom is 0.255 e. The van der Waals surface area contributed by atoms with Gasteiger partial charge in [-0.1, -0.05) is 24.3 Å². The number of aromatic nitrogens is 2. The van der Waals surface area contributed by atoms with Gasteiger partial charge in [0, 0.05) is 30.5 Å². The van der Waals surface area contributed by atoms with Crippen molar-refractivity contribution >= 4 is 16.8 Å². The van der Waals surface area contributed by atoms with Crippen LogP contribution in [-0.2, 0) is 13.0 Å². The lowest BCUT2D eigenvalue weighted by atomic mass is 10.1. The first-order chi connectivity index (χ1) is 14.3. The largest absolute Gasteiger partial charge is 0.488 e. The molecule has 29 heavy (non-hydrogen) atoms. The van der Waals surface area contributed by atoms with E-state index in [4.69, 9.17) is 4.74 Å². The normalized spacial score (nSPS) is 10.6. The van der Waals surface area contributed by atoms with Gasteiger partial charge in [0.15, 0.2) is 0 Å². The molecule has 144 valence electrons. The van der Waals surface area contributed by atoms with Crippen LogP contribution in [0, 0.1) is 0 Å². The molecule has 1 N–H and O–H groups in total. The Balaban J connectivity index is 1.36. The lowest BCUT2D eigenvalue weighted by molar-refractivity contribution is 0.0949. The van der Waals surface area contributed by atoms with E-state index >= 15 is 0 Å². The Morgan fingerprint density at radius 1 is 0.897 bits per heavy atom. The highest BCUT2D eigenvalue weighted by molar-refractivity contribution is 5.96. The average molecular weight is 383 g/mol. The third-order valence-corrected chi connectivity index (χ3v) is 4.64. The third kappa shape index (κ3) is 4.76. The van der Waals surface area contributed by atoms with Crippen molar-refractivity contribution in [3.8, 4) is 5.75 Å². The molecule has 5 heteroatoms. The minimum absolute atomic E-state index is 0.141. The second kappa shape index (κ2) is 8.97. The maximum absolute atomic E-state index is 12.7. The van der Waals surface area contributed by atoms with Crippen LogP contribution in [0.5, 0.6) is 5.75 Å². The van der Waals surface area contributed by atoms with E-state index in [-0.39, 0.29) is 5.91 Å². The highest BCUT2D eigenvalue weighted by Crippen LogP contribution is 2.19. The van der Waals surface area contributed by atoms with Crippen molar-refractivity contribution in [1.29, 1.82) is 0 Å². The van der Waals surface area contributed by atoms with Gasteiger partial charge in [0.2, 0.25) is 0 Å². The van der Waals surface area contributed by atoms with Crippen LogP contribution >= 0.6 is 0 Å². The number of ether oxygens (including phenoxy) is 1. The van der Waals surface area contributed by atoms with Gasteiger partial charge in [-0.25, -0.2) is 0 Å². The van der Waals surface area contributed by atoms with Crippen molar-refractivity contribution in [2.45, 2.75) is 13.0 Å². The molecule has 5 nitrogen and oxygen atoms in total. The minimum Gasteiger partial charge on any atom is -0.488 e. The molecule has 0 aliphatic rings. The Bertz CT molecular complexity index is 1110. The zero-order valence-corrected chi connectivity index (χ0v) is 15.9. The molecule has 0 radical (unpaired) electrons. The van der Waals surface area contributed by atoms with Crippen molar-refractivity contribution in [3.63, 3.8) is 0 Å². The number of pyridine rings is 2. The fourth-order valence-electron chi connectivity index (χ4n) is 3.12. The van der Waals surface area contributed by atoms with Crippen molar-refractivity contribution in [3.05, 3.63) is 102 Å². The number of benzene rings is 2. The SMILES string of the molecule is O=C(NCCc1ccc2ncccc2c1)c1ccccc1OCc1ccncc1. The molecular weight excluding hydrogens is 362 g/mol. The molecule has 0 spiro atoms. The average Bonchev–Trinajstić information content (AvgIpc) is 2.78. The first-order valence-electron chi connectivity index (χ1n) is 9.52. The molecular formula is C24H21N3O2. The van der Waals surface area contributed by atoms with Gasteiger partial charge >= 0.3 is 0 Å². The Morgan fingerprint density at radius 3 is 2.66 bits per heavy atom. The topological polar surface area (TPSA) is 64.1 Å². The standard InChI is InChI=1S/C24H21N3O2/c28-24(27-15-11-18-7-8-22-20(16-18)4-3-12-26-22)21-5-1-2-6-23(21)29-17-19-9-13-25-14-10-19/h1-10,12-14,16H,11,15,17H2,(H,27,28). The van der Waals surface area contributed by atoms with Gasteiger partial charge in [-0.3, -0.25) is 14.8 Å². The van der Waals surface area contributed by atoms with E-state index in [0.717, 1.165) is 28.5 Å². The summed E-state index contributed by atoms with van der Waals surface area (Å²) in [6.45, 7) is 0.932. The number of carbonyl (C=O) groups is 1. The predicted molar refractivity (Wildman–Crippen MR) is 113 cm³/mol. The van der Waals surface area contributed by atoms with E-state index in [2.05, 4.69) is 21.4 Å². The molecule has 1 amide bonds. The molecule has 4 rings (SSSR count). The molecule has 0 saturated heterocycles. The van der Waals surface area contributed by atoms with E-state index in [1.807, 2.05) is 54.6 Å². The summed E-state index contributed by atoms with van der Waals surface area (Å²) in [5.74, 6) is 0.427. The Kier molecular flexibility index (Phi) is 5.76. The van der Waals surface area contributed by atoms with E-state index in [9.17, 15) is 4.79 Å². The monoisotopic (exact) mass is 383 g/mol. The number of nitrogens with zero attached hydrogens (tertiary/aromatic N) is 2. The van der Waals surface area contributed by atoms with E-state index in [1.54, 1.807) is 24.7 Å². The van der Waals surface area contributed by atoms with Crippen LogP contribution in [0.1, 0.15) is 21.5 Å². The quantitative estimate of drug-likeness (QED) is 0.520. The van der Waals surface area contributed by atoms with E-state index in [0.29, 0.717) is 24.5 Å². The number of carbonyl (C=O) groups excluding carboxylic acids is 1. The summed E-state index contributed by atoms with van der Waals surface area (Å²) in [5, 5.41) is 4.09. The molecule has 2 aromatic carbocycles. The lowest BCUT2D eigenvalue weighted by Crippen LogP contribution is -2.26. The second-order valence-corrected chi connectivity index (χ2v) is 6.68. The molecule has 0 aliphatic carbocycles. The van der Waals surface area contributed by atoms with Crippen LogP contribution in [0.2, 0.25) is 0 Å². The highest BCUT2D eigenvalue weighted by Gasteiger charge is 2.12. The van der Waals surface area contributed by atoms with Gasteiger partial charge in [-0.05, 0) is 60.0 Å². The van der Waals surface area contributed by atoms with Crippen LogP contribution in [0.25, 0.3) is 10.9 Å².